The van der Waals surface area contributed by atoms with Crippen molar-refractivity contribution in [1.82, 2.24) is 9.55 Å². The lowest BCUT2D eigenvalue weighted by atomic mass is 10.2. The van der Waals surface area contributed by atoms with Gasteiger partial charge in [-0.1, -0.05) is 30.3 Å². The quantitative estimate of drug-likeness (QED) is 0.716. The topological polar surface area (TPSA) is 44.1 Å². The van der Waals surface area contributed by atoms with Gasteiger partial charge in [-0.05, 0) is 18.2 Å². The molecule has 0 atom stereocenters. The minimum Gasteiger partial charge on any atom is -0.497 e. The van der Waals surface area contributed by atoms with Crippen molar-refractivity contribution in [2.75, 3.05) is 7.11 Å². The number of rotatable bonds is 2. The van der Waals surface area contributed by atoms with Crippen LogP contribution in [0.3, 0.4) is 0 Å². The van der Waals surface area contributed by atoms with E-state index in [0.29, 0.717) is 22.5 Å². The molecule has 1 heterocycles. The van der Waals surface area contributed by atoms with Gasteiger partial charge in [0.1, 0.15) is 11.6 Å². The fourth-order valence-corrected chi connectivity index (χ4v) is 2.22. The number of hydrogen-bond donors (Lipinski definition) is 0. The molecule has 0 bridgehead atoms. The molecule has 3 aromatic rings. The van der Waals surface area contributed by atoms with Crippen LogP contribution in [0.15, 0.2) is 53.3 Å². The van der Waals surface area contributed by atoms with E-state index in [0.717, 1.165) is 5.56 Å². The molecule has 0 saturated heterocycles. The molecule has 0 fully saturated rings. The molecule has 4 heteroatoms. The summed E-state index contributed by atoms with van der Waals surface area (Å²) in [5, 5.41) is 0.562. The third-order valence-electron chi connectivity index (χ3n) is 3.31. The molecule has 2 aromatic carbocycles. The number of aromatic nitrogens is 2. The van der Waals surface area contributed by atoms with Gasteiger partial charge in [-0.3, -0.25) is 9.36 Å². The molecule has 0 radical (unpaired) electrons. The second kappa shape index (κ2) is 4.81. The average molecular weight is 266 g/mol. The third-order valence-corrected chi connectivity index (χ3v) is 3.31. The fraction of sp³-hybridized carbons (Fsp3) is 0.125. The third kappa shape index (κ3) is 1.95. The number of benzene rings is 2. The molecule has 0 aliphatic heterocycles. The van der Waals surface area contributed by atoms with E-state index in [9.17, 15) is 4.79 Å². The first-order valence-electron chi connectivity index (χ1n) is 6.31. The summed E-state index contributed by atoms with van der Waals surface area (Å²) in [6.07, 6.45) is 0. The minimum atomic E-state index is -0.0762. The molecule has 4 nitrogen and oxygen atoms in total. The summed E-state index contributed by atoms with van der Waals surface area (Å²) in [5.41, 5.74) is 1.52. The highest BCUT2D eigenvalue weighted by Crippen LogP contribution is 2.20. The van der Waals surface area contributed by atoms with Gasteiger partial charge in [0.25, 0.3) is 5.56 Å². The van der Waals surface area contributed by atoms with Crippen LogP contribution >= 0.6 is 0 Å². The van der Waals surface area contributed by atoms with Crippen molar-refractivity contribution in [3.8, 4) is 17.1 Å². The predicted molar refractivity (Wildman–Crippen MR) is 79.0 cm³/mol. The van der Waals surface area contributed by atoms with Crippen LogP contribution in [-0.2, 0) is 7.05 Å². The Morgan fingerprint density at radius 3 is 2.55 bits per heavy atom. The van der Waals surface area contributed by atoms with Gasteiger partial charge < -0.3 is 4.74 Å². The van der Waals surface area contributed by atoms with Crippen LogP contribution in [0.4, 0.5) is 0 Å². The van der Waals surface area contributed by atoms with Gasteiger partial charge in [-0.2, -0.15) is 0 Å². The lowest BCUT2D eigenvalue weighted by molar-refractivity contribution is 0.415. The second-order valence-electron chi connectivity index (χ2n) is 4.55. The molecule has 0 aliphatic carbocycles. The number of fused-ring (bicyclic) bond motifs is 1. The van der Waals surface area contributed by atoms with Crippen LogP contribution in [0.2, 0.25) is 0 Å². The van der Waals surface area contributed by atoms with Crippen LogP contribution in [0.25, 0.3) is 22.3 Å². The largest absolute Gasteiger partial charge is 0.497 e. The molecule has 20 heavy (non-hydrogen) atoms. The molecular formula is C16H14N2O2. The van der Waals surface area contributed by atoms with Crippen LogP contribution in [0.1, 0.15) is 0 Å². The van der Waals surface area contributed by atoms with Gasteiger partial charge in [0.15, 0.2) is 0 Å². The highest BCUT2D eigenvalue weighted by molar-refractivity contribution is 5.81. The summed E-state index contributed by atoms with van der Waals surface area (Å²) >= 11 is 0. The Morgan fingerprint density at radius 1 is 1.10 bits per heavy atom. The Kier molecular flexibility index (Phi) is 2.99. The van der Waals surface area contributed by atoms with Gasteiger partial charge in [-0.15, -0.1) is 0 Å². The summed E-state index contributed by atoms with van der Waals surface area (Å²) < 4.78 is 6.72. The van der Waals surface area contributed by atoms with E-state index in [1.54, 1.807) is 24.8 Å². The number of nitrogens with zero attached hydrogens (tertiary/aromatic N) is 2. The van der Waals surface area contributed by atoms with E-state index in [1.807, 2.05) is 42.5 Å². The van der Waals surface area contributed by atoms with Gasteiger partial charge in [0.2, 0.25) is 0 Å². The van der Waals surface area contributed by atoms with Crippen LogP contribution < -0.4 is 10.3 Å². The SMILES string of the molecule is COc1ccc2nc(-c3ccccc3)n(C)c(=O)c2c1. The van der Waals surface area contributed by atoms with Gasteiger partial charge >= 0.3 is 0 Å². The Hall–Kier alpha value is -2.62. The van der Waals surface area contributed by atoms with E-state index in [1.165, 1.54) is 0 Å². The maximum absolute atomic E-state index is 12.5. The Bertz CT molecular complexity index is 823. The highest BCUT2D eigenvalue weighted by Gasteiger charge is 2.10. The van der Waals surface area contributed by atoms with Gasteiger partial charge in [-0.25, -0.2) is 4.98 Å². The zero-order valence-corrected chi connectivity index (χ0v) is 11.3. The number of hydrogen-bond acceptors (Lipinski definition) is 3. The van der Waals surface area contributed by atoms with E-state index in [2.05, 4.69) is 4.98 Å². The van der Waals surface area contributed by atoms with Gasteiger partial charge in [0, 0.05) is 12.6 Å². The summed E-state index contributed by atoms with van der Waals surface area (Å²) in [4.78, 5) is 17.0. The summed E-state index contributed by atoms with van der Waals surface area (Å²) in [5.74, 6) is 1.32. The van der Waals surface area contributed by atoms with E-state index >= 15 is 0 Å². The normalized spacial score (nSPS) is 10.7. The molecule has 0 unspecified atom stereocenters. The Morgan fingerprint density at radius 2 is 1.85 bits per heavy atom. The predicted octanol–water partition coefficient (Wildman–Crippen LogP) is 2.61. The first kappa shape index (κ1) is 12.4. The van der Waals surface area contributed by atoms with Gasteiger partial charge in [0.05, 0.1) is 18.0 Å². The number of methoxy groups -OCH3 is 1. The summed E-state index contributed by atoms with van der Waals surface area (Å²) in [7, 11) is 3.31. The molecule has 0 saturated carbocycles. The lowest BCUT2D eigenvalue weighted by Crippen LogP contribution is -2.20. The monoisotopic (exact) mass is 266 g/mol. The van der Waals surface area contributed by atoms with E-state index < -0.39 is 0 Å². The molecule has 1 aromatic heterocycles. The van der Waals surface area contributed by atoms with E-state index in [-0.39, 0.29) is 5.56 Å². The number of ether oxygens (including phenoxy) is 1. The lowest BCUT2D eigenvalue weighted by Gasteiger charge is -2.10. The van der Waals surface area contributed by atoms with Crippen LogP contribution in [-0.4, -0.2) is 16.7 Å². The van der Waals surface area contributed by atoms with Crippen molar-refractivity contribution in [2.45, 2.75) is 0 Å². The average Bonchev–Trinajstić information content (AvgIpc) is 2.51. The molecule has 100 valence electrons. The maximum atomic E-state index is 12.5. The van der Waals surface area contributed by atoms with E-state index in [4.69, 9.17) is 4.74 Å². The Balaban J connectivity index is 2.32. The standard InChI is InChI=1S/C16H14N2O2/c1-18-15(11-6-4-3-5-7-11)17-14-9-8-12(20-2)10-13(14)16(18)19/h3-10H,1-2H3. The smallest absolute Gasteiger partial charge is 0.261 e. The molecule has 0 amide bonds. The Labute approximate surface area is 116 Å². The zero-order valence-electron chi connectivity index (χ0n) is 11.3. The fourth-order valence-electron chi connectivity index (χ4n) is 2.22. The first-order chi connectivity index (χ1) is 9.70. The zero-order chi connectivity index (χ0) is 14.1. The molecule has 0 N–H and O–H groups in total. The first-order valence-corrected chi connectivity index (χ1v) is 6.31. The van der Waals surface area contributed by atoms with Crippen LogP contribution in [0, 0.1) is 0 Å². The van der Waals surface area contributed by atoms with Crippen molar-refractivity contribution in [3.63, 3.8) is 0 Å². The van der Waals surface area contributed by atoms with Crippen molar-refractivity contribution in [1.29, 1.82) is 0 Å². The molecule has 3 rings (SSSR count). The van der Waals surface area contributed by atoms with Crippen molar-refractivity contribution in [2.24, 2.45) is 7.05 Å². The molecule has 0 spiro atoms. The minimum absolute atomic E-state index is 0.0762. The van der Waals surface area contributed by atoms with Crippen molar-refractivity contribution < 1.29 is 4.74 Å². The summed E-state index contributed by atoms with van der Waals surface area (Å²) in [6, 6.07) is 15.0. The second-order valence-corrected chi connectivity index (χ2v) is 4.55. The maximum Gasteiger partial charge on any atom is 0.261 e. The highest BCUT2D eigenvalue weighted by atomic mass is 16.5. The molecule has 0 aliphatic rings. The van der Waals surface area contributed by atoms with Crippen molar-refractivity contribution >= 4 is 10.9 Å². The van der Waals surface area contributed by atoms with Crippen molar-refractivity contribution in [3.05, 3.63) is 58.9 Å². The summed E-state index contributed by atoms with van der Waals surface area (Å²) in [6.45, 7) is 0. The molecular weight excluding hydrogens is 252 g/mol. The van der Waals surface area contributed by atoms with Crippen LogP contribution in [0.5, 0.6) is 5.75 Å².